The Labute approximate surface area is 182 Å². The zero-order chi connectivity index (χ0) is 21.8. The minimum atomic E-state index is -0.359. The summed E-state index contributed by atoms with van der Waals surface area (Å²) in [6.07, 6.45) is 3.63. The van der Waals surface area contributed by atoms with E-state index >= 15 is 0 Å². The second kappa shape index (κ2) is 9.60. The summed E-state index contributed by atoms with van der Waals surface area (Å²) >= 11 is 0. The fourth-order valence-corrected chi connectivity index (χ4v) is 4.75. The summed E-state index contributed by atoms with van der Waals surface area (Å²) in [6.45, 7) is 6.91. The van der Waals surface area contributed by atoms with Crippen molar-refractivity contribution in [2.75, 3.05) is 32.9 Å². The van der Waals surface area contributed by atoms with Gasteiger partial charge < -0.3 is 29.7 Å². The first-order valence-electron chi connectivity index (χ1n) is 11.3. The highest BCUT2D eigenvalue weighted by molar-refractivity contribution is 5.94. The molecular formula is C23H32N3O5+. The molecule has 1 saturated heterocycles. The standard InChI is InChI=1S/C23H31N3O5/c1-3-16-21(22(27)29-4-2)17(25-23(28)24-16)14-26-10-5-7-18(26)15-8-9-19-20(13-15)31-12-6-11-30-19/h8-9,13,16,18H,3-7,10-12,14H2,1-2H3,(H2,24,25,28)/p+1/t16-,18+/m0/s1. The molecule has 3 heterocycles. The average molecular weight is 431 g/mol. The van der Waals surface area contributed by atoms with E-state index in [2.05, 4.69) is 22.8 Å². The fraction of sp³-hybridized carbons (Fsp3) is 0.565. The maximum absolute atomic E-state index is 12.7. The number of rotatable bonds is 6. The number of ether oxygens (including phenoxy) is 3. The molecule has 0 aromatic heterocycles. The summed E-state index contributed by atoms with van der Waals surface area (Å²) in [4.78, 5) is 26.3. The number of fused-ring (bicyclic) bond motifs is 1. The van der Waals surface area contributed by atoms with E-state index in [0.29, 0.717) is 44.1 Å². The summed E-state index contributed by atoms with van der Waals surface area (Å²) in [7, 11) is 0. The topological polar surface area (TPSA) is 90.3 Å². The summed E-state index contributed by atoms with van der Waals surface area (Å²) in [5.41, 5.74) is 2.41. The van der Waals surface area contributed by atoms with Crippen LogP contribution < -0.4 is 25.0 Å². The highest BCUT2D eigenvalue weighted by atomic mass is 16.5. The molecule has 168 valence electrons. The Balaban J connectivity index is 1.60. The van der Waals surface area contributed by atoms with Crippen LogP contribution in [0.1, 0.15) is 51.1 Å². The number of nitrogens with one attached hydrogen (secondary N) is 3. The molecule has 8 nitrogen and oxygen atoms in total. The molecule has 0 radical (unpaired) electrons. The average Bonchev–Trinajstić information content (AvgIpc) is 3.08. The predicted molar refractivity (Wildman–Crippen MR) is 114 cm³/mol. The number of urea groups is 1. The smallest absolute Gasteiger partial charge is 0.338 e. The molecule has 0 bridgehead atoms. The lowest BCUT2D eigenvalue weighted by molar-refractivity contribution is -0.914. The van der Waals surface area contributed by atoms with Gasteiger partial charge >= 0.3 is 12.0 Å². The zero-order valence-electron chi connectivity index (χ0n) is 18.3. The number of quaternary nitrogens is 1. The number of hydrogen-bond donors (Lipinski definition) is 3. The number of likely N-dealkylation sites (tertiary alicyclic amines) is 1. The second-order valence-electron chi connectivity index (χ2n) is 8.21. The van der Waals surface area contributed by atoms with Crippen molar-refractivity contribution in [1.29, 1.82) is 0 Å². The van der Waals surface area contributed by atoms with Crippen LogP contribution in [0.5, 0.6) is 11.5 Å². The van der Waals surface area contributed by atoms with Gasteiger partial charge in [0.05, 0.1) is 43.7 Å². The van der Waals surface area contributed by atoms with Crippen molar-refractivity contribution >= 4 is 12.0 Å². The van der Waals surface area contributed by atoms with Crippen LogP contribution in [0.15, 0.2) is 29.5 Å². The van der Waals surface area contributed by atoms with E-state index in [1.165, 1.54) is 10.5 Å². The summed E-state index contributed by atoms with van der Waals surface area (Å²) in [5, 5.41) is 5.74. The SMILES string of the molecule is CCOC(=O)C1=C(C[NH+]2CCC[C@@H]2c2ccc3c(c2)OCCCO3)NC(=O)N[C@H]1CC. The maximum Gasteiger partial charge on any atom is 0.338 e. The number of hydrogen-bond acceptors (Lipinski definition) is 5. The maximum atomic E-state index is 12.7. The van der Waals surface area contributed by atoms with E-state index in [9.17, 15) is 9.59 Å². The molecule has 1 unspecified atom stereocenters. The third-order valence-electron chi connectivity index (χ3n) is 6.21. The van der Waals surface area contributed by atoms with Crippen molar-refractivity contribution in [3.05, 3.63) is 35.0 Å². The first-order valence-corrected chi connectivity index (χ1v) is 11.3. The van der Waals surface area contributed by atoms with Gasteiger partial charge in [-0.15, -0.1) is 0 Å². The molecule has 3 N–H and O–H groups in total. The third-order valence-corrected chi connectivity index (χ3v) is 6.21. The van der Waals surface area contributed by atoms with E-state index < -0.39 is 0 Å². The minimum absolute atomic E-state index is 0.263. The van der Waals surface area contributed by atoms with Crippen LogP contribution in [0, 0.1) is 0 Å². The van der Waals surface area contributed by atoms with Crippen LogP contribution in [0.4, 0.5) is 4.79 Å². The van der Waals surface area contributed by atoms with E-state index in [4.69, 9.17) is 14.2 Å². The molecule has 1 aromatic carbocycles. The van der Waals surface area contributed by atoms with Gasteiger partial charge in [0, 0.05) is 24.8 Å². The number of esters is 1. The number of carbonyl (C=O) groups is 2. The molecule has 2 amide bonds. The van der Waals surface area contributed by atoms with Crippen LogP contribution in [-0.4, -0.2) is 51.0 Å². The molecular weight excluding hydrogens is 398 g/mol. The van der Waals surface area contributed by atoms with Crippen LogP contribution in [-0.2, 0) is 9.53 Å². The molecule has 3 aliphatic rings. The molecule has 4 rings (SSSR count). The van der Waals surface area contributed by atoms with Crippen LogP contribution in [0.3, 0.4) is 0 Å². The lowest BCUT2D eigenvalue weighted by Gasteiger charge is -2.30. The number of benzene rings is 1. The van der Waals surface area contributed by atoms with E-state index in [1.807, 2.05) is 13.0 Å². The molecule has 3 aliphatic heterocycles. The Kier molecular flexibility index (Phi) is 6.65. The van der Waals surface area contributed by atoms with Crippen LogP contribution >= 0.6 is 0 Å². The van der Waals surface area contributed by atoms with E-state index in [0.717, 1.165) is 37.3 Å². The normalized spacial score (nSPS) is 25.5. The fourth-order valence-electron chi connectivity index (χ4n) is 4.75. The summed E-state index contributed by atoms with van der Waals surface area (Å²) in [5.74, 6) is 1.24. The Morgan fingerprint density at radius 2 is 2.00 bits per heavy atom. The first kappa shape index (κ1) is 21.5. The monoisotopic (exact) mass is 430 g/mol. The molecule has 0 spiro atoms. The highest BCUT2D eigenvalue weighted by Gasteiger charge is 2.37. The van der Waals surface area contributed by atoms with Crippen molar-refractivity contribution in [2.45, 2.75) is 51.6 Å². The summed E-state index contributed by atoms with van der Waals surface area (Å²) in [6, 6.07) is 5.86. The Morgan fingerprint density at radius 1 is 1.19 bits per heavy atom. The molecule has 3 atom stereocenters. The van der Waals surface area contributed by atoms with Gasteiger partial charge in [-0.3, -0.25) is 0 Å². The Bertz CT molecular complexity index is 869. The van der Waals surface area contributed by atoms with Crippen molar-refractivity contribution in [3.8, 4) is 11.5 Å². The number of amides is 2. The van der Waals surface area contributed by atoms with Crippen molar-refractivity contribution in [2.24, 2.45) is 0 Å². The van der Waals surface area contributed by atoms with Gasteiger partial charge in [-0.1, -0.05) is 6.92 Å². The van der Waals surface area contributed by atoms with Gasteiger partial charge in [0.1, 0.15) is 12.6 Å². The van der Waals surface area contributed by atoms with Gasteiger partial charge in [-0.2, -0.15) is 0 Å². The molecule has 8 heteroatoms. The van der Waals surface area contributed by atoms with Gasteiger partial charge in [0.25, 0.3) is 0 Å². The number of carbonyl (C=O) groups excluding carboxylic acids is 2. The Hall–Kier alpha value is -2.74. The molecule has 0 saturated carbocycles. The van der Waals surface area contributed by atoms with Gasteiger partial charge in [0.2, 0.25) is 0 Å². The molecule has 0 aliphatic carbocycles. The summed E-state index contributed by atoms with van der Waals surface area (Å²) < 4.78 is 17.0. The largest absolute Gasteiger partial charge is 0.490 e. The highest BCUT2D eigenvalue weighted by Crippen LogP contribution is 2.33. The van der Waals surface area contributed by atoms with E-state index in [1.54, 1.807) is 6.92 Å². The molecule has 31 heavy (non-hydrogen) atoms. The minimum Gasteiger partial charge on any atom is -0.490 e. The zero-order valence-corrected chi connectivity index (χ0v) is 18.3. The second-order valence-corrected chi connectivity index (χ2v) is 8.21. The third kappa shape index (κ3) is 4.63. The van der Waals surface area contributed by atoms with E-state index in [-0.39, 0.29) is 24.1 Å². The Morgan fingerprint density at radius 3 is 2.77 bits per heavy atom. The van der Waals surface area contributed by atoms with Gasteiger partial charge in [-0.05, 0) is 31.5 Å². The lowest BCUT2D eigenvalue weighted by atomic mass is 9.99. The molecule has 1 fully saturated rings. The van der Waals surface area contributed by atoms with Crippen molar-refractivity contribution in [3.63, 3.8) is 0 Å². The quantitative estimate of drug-likeness (QED) is 0.595. The molecule has 1 aromatic rings. The van der Waals surface area contributed by atoms with Gasteiger partial charge in [-0.25, -0.2) is 9.59 Å². The van der Waals surface area contributed by atoms with Crippen molar-refractivity contribution in [1.82, 2.24) is 10.6 Å². The van der Waals surface area contributed by atoms with Crippen molar-refractivity contribution < 1.29 is 28.7 Å². The first-order chi connectivity index (χ1) is 15.1. The predicted octanol–water partition coefficient (Wildman–Crippen LogP) is 1.48. The van der Waals surface area contributed by atoms with Gasteiger partial charge in [0.15, 0.2) is 11.5 Å². The lowest BCUT2D eigenvalue weighted by Crippen LogP contribution is -3.10. The van der Waals surface area contributed by atoms with Crippen LogP contribution in [0.2, 0.25) is 0 Å². The van der Waals surface area contributed by atoms with Crippen LogP contribution in [0.25, 0.3) is 0 Å².